The van der Waals surface area contributed by atoms with E-state index in [4.69, 9.17) is 5.11 Å². The van der Waals surface area contributed by atoms with Crippen LogP contribution in [0.2, 0.25) is 0 Å². The summed E-state index contributed by atoms with van der Waals surface area (Å²) in [6.07, 6.45) is 0.935. The van der Waals surface area contributed by atoms with Crippen LogP contribution in [0.3, 0.4) is 0 Å². The van der Waals surface area contributed by atoms with Gasteiger partial charge in [-0.1, -0.05) is 13.8 Å². The average Bonchev–Trinajstić information content (AvgIpc) is 2.19. The Morgan fingerprint density at radius 1 is 1.25 bits per heavy atom. The second-order valence-electron chi connectivity index (χ2n) is 2.53. The third-order valence-electron chi connectivity index (χ3n) is 1.74. The molecule has 0 spiro atoms. The van der Waals surface area contributed by atoms with E-state index in [0.717, 1.165) is 13.0 Å². The van der Waals surface area contributed by atoms with Crippen LogP contribution in [-0.2, 0) is 0 Å². The maximum Gasteiger partial charge on any atom is 0.0443 e. The number of nitrogens with zero attached hydrogens (tertiary/aromatic N) is 1. The minimum absolute atomic E-state index is 0.337. The molecule has 1 aliphatic heterocycles. The Morgan fingerprint density at radius 3 is 2.33 bits per heavy atom. The number of aliphatic hydroxyl groups is 1. The van der Waals surface area contributed by atoms with E-state index in [2.05, 4.69) is 4.90 Å². The van der Waals surface area contributed by atoms with E-state index in [0.29, 0.717) is 6.61 Å². The summed E-state index contributed by atoms with van der Waals surface area (Å²) in [4.78, 5) is 2.42. The molecule has 0 aromatic rings. The Kier molecular flexibility index (Phi) is 9.57. The molecule has 0 atom stereocenters. The monoisotopic (exact) mass is 191 g/mol. The molecule has 1 heterocycles. The maximum atomic E-state index is 8.57. The lowest BCUT2D eigenvalue weighted by atomic mass is 10.4. The van der Waals surface area contributed by atoms with Crippen molar-refractivity contribution >= 4 is 11.8 Å². The lowest BCUT2D eigenvalue weighted by molar-refractivity contribution is 0.236. The van der Waals surface area contributed by atoms with Crippen LogP contribution in [0, 0.1) is 0 Å². The topological polar surface area (TPSA) is 23.5 Å². The van der Waals surface area contributed by atoms with Gasteiger partial charge in [-0.3, -0.25) is 0 Å². The van der Waals surface area contributed by atoms with Gasteiger partial charge < -0.3 is 10.0 Å². The zero-order valence-corrected chi connectivity index (χ0v) is 9.07. The highest BCUT2D eigenvalue weighted by atomic mass is 32.2. The molecular formula is C9H21NOS. The van der Waals surface area contributed by atoms with Crippen molar-refractivity contribution in [2.24, 2.45) is 0 Å². The molecule has 3 heteroatoms. The molecule has 1 rings (SSSR count). The highest BCUT2D eigenvalue weighted by Crippen LogP contribution is 2.08. The molecule has 0 aromatic carbocycles. The Hall–Kier alpha value is 0.270. The summed E-state index contributed by atoms with van der Waals surface area (Å²) in [5, 5.41) is 8.57. The van der Waals surface area contributed by atoms with E-state index < -0.39 is 0 Å². The van der Waals surface area contributed by atoms with E-state index >= 15 is 0 Å². The zero-order valence-electron chi connectivity index (χ0n) is 8.25. The van der Waals surface area contributed by atoms with Crippen molar-refractivity contribution in [1.82, 2.24) is 4.90 Å². The Balaban J connectivity index is 0.000000561. The van der Waals surface area contributed by atoms with Crippen LogP contribution in [-0.4, -0.2) is 47.8 Å². The molecule has 0 aromatic heterocycles. The van der Waals surface area contributed by atoms with Crippen molar-refractivity contribution in [1.29, 1.82) is 0 Å². The molecule has 0 saturated carbocycles. The van der Waals surface area contributed by atoms with Crippen LogP contribution in [0.5, 0.6) is 0 Å². The van der Waals surface area contributed by atoms with Crippen molar-refractivity contribution in [3.63, 3.8) is 0 Å². The number of rotatable bonds is 3. The molecule has 0 aliphatic carbocycles. The molecule has 2 nitrogen and oxygen atoms in total. The summed E-state index contributed by atoms with van der Waals surface area (Å²) in [6, 6.07) is 0. The molecule has 0 unspecified atom stereocenters. The average molecular weight is 191 g/mol. The third kappa shape index (κ3) is 5.86. The molecule has 74 valence electrons. The molecular weight excluding hydrogens is 170 g/mol. The predicted molar refractivity (Wildman–Crippen MR) is 56.8 cm³/mol. The van der Waals surface area contributed by atoms with Gasteiger partial charge >= 0.3 is 0 Å². The predicted octanol–water partition coefficient (Wildman–Crippen LogP) is 1.44. The molecule has 12 heavy (non-hydrogen) atoms. The first kappa shape index (κ1) is 12.3. The molecule has 0 amide bonds. The van der Waals surface area contributed by atoms with Gasteiger partial charge in [-0.15, -0.1) is 0 Å². The van der Waals surface area contributed by atoms with Gasteiger partial charge in [-0.25, -0.2) is 0 Å². The van der Waals surface area contributed by atoms with Gasteiger partial charge in [-0.2, -0.15) is 11.8 Å². The quantitative estimate of drug-likeness (QED) is 0.730. The summed E-state index contributed by atoms with van der Waals surface area (Å²) in [5.74, 6) is 2.54. The van der Waals surface area contributed by atoms with Crippen molar-refractivity contribution in [3.05, 3.63) is 0 Å². The van der Waals surface area contributed by atoms with Gasteiger partial charge in [0.2, 0.25) is 0 Å². The first-order valence-electron chi connectivity index (χ1n) is 4.84. The van der Waals surface area contributed by atoms with Gasteiger partial charge in [0, 0.05) is 37.7 Å². The van der Waals surface area contributed by atoms with Gasteiger partial charge in [0.05, 0.1) is 0 Å². The van der Waals surface area contributed by atoms with Gasteiger partial charge in [-0.05, 0) is 6.42 Å². The first-order valence-corrected chi connectivity index (χ1v) is 6.00. The smallest absolute Gasteiger partial charge is 0.0443 e. The fourth-order valence-corrected chi connectivity index (χ4v) is 2.10. The van der Waals surface area contributed by atoms with E-state index in [1.165, 1.54) is 24.6 Å². The van der Waals surface area contributed by atoms with Crippen LogP contribution in [0.15, 0.2) is 0 Å². The van der Waals surface area contributed by atoms with Crippen LogP contribution >= 0.6 is 11.8 Å². The van der Waals surface area contributed by atoms with Crippen molar-refractivity contribution < 1.29 is 5.11 Å². The summed E-state index contributed by atoms with van der Waals surface area (Å²) in [6.45, 7) is 7.84. The Bertz CT molecular complexity index is 84.6. The molecule has 1 N–H and O–H groups in total. The highest BCUT2D eigenvalue weighted by Gasteiger charge is 2.08. The molecule has 1 saturated heterocycles. The first-order chi connectivity index (χ1) is 5.93. The fourth-order valence-electron chi connectivity index (χ4n) is 1.12. The fraction of sp³-hybridized carbons (Fsp3) is 1.00. The van der Waals surface area contributed by atoms with Crippen molar-refractivity contribution in [3.8, 4) is 0 Å². The molecule has 1 fully saturated rings. The van der Waals surface area contributed by atoms with Crippen LogP contribution in [0.1, 0.15) is 20.3 Å². The van der Waals surface area contributed by atoms with E-state index in [-0.39, 0.29) is 0 Å². The Morgan fingerprint density at radius 2 is 1.83 bits per heavy atom. The molecule has 0 bridgehead atoms. The molecule has 1 aliphatic rings. The maximum absolute atomic E-state index is 8.57. The number of hydrogen-bond donors (Lipinski definition) is 1. The summed E-state index contributed by atoms with van der Waals surface area (Å²) in [5.41, 5.74) is 0. The Labute approximate surface area is 80.3 Å². The second-order valence-corrected chi connectivity index (χ2v) is 3.76. The van der Waals surface area contributed by atoms with E-state index in [1.807, 2.05) is 25.6 Å². The SMILES string of the molecule is CC.OCCCN1CCSCC1. The lowest BCUT2D eigenvalue weighted by Crippen LogP contribution is -2.33. The van der Waals surface area contributed by atoms with Gasteiger partial charge in [0.1, 0.15) is 0 Å². The second kappa shape index (κ2) is 9.36. The number of aliphatic hydroxyl groups excluding tert-OH is 1. The standard InChI is InChI=1S/C7H15NOS.C2H6/c9-5-1-2-8-3-6-10-7-4-8;1-2/h9H,1-7H2;1-2H3. The van der Waals surface area contributed by atoms with E-state index in [1.54, 1.807) is 0 Å². The summed E-state index contributed by atoms with van der Waals surface area (Å²) >= 11 is 2.03. The largest absolute Gasteiger partial charge is 0.396 e. The summed E-state index contributed by atoms with van der Waals surface area (Å²) in [7, 11) is 0. The zero-order chi connectivity index (χ0) is 9.23. The van der Waals surface area contributed by atoms with Gasteiger partial charge in [0.15, 0.2) is 0 Å². The highest BCUT2D eigenvalue weighted by molar-refractivity contribution is 7.99. The van der Waals surface area contributed by atoms with Crippen LogP contribution in [0.25, 0.3) is 0 Å². The minimum atomic E-state index is 0.337. The minimum Gasteiger partial charge on any atom is -0.396 e. The number of thioether (sulfide) groups is 1. The summed E-state index contributed by atoms with van der Waals surface area (Å²) < 4.78 is 0. The molecule has 0 radical (unpaired) electrons. The van der Waals surface area contributed by atoms with Crippen LogP contribution in [0.4, 0.5) is 0 Å². The van der Waals surface area contributed by atoms with Gasteiger partial charge in [0.25, 0.3) is 0 Å². The van der Waals surface area contributed by atoms with Crippen molar-refractivity contribution in [2.45, 2.75) is 20.3 Å². The van der Waals surface area contributed by atoms with Crippen LogP contribution < -0.4 is 0 Å². The lowest BCUT2D eigenvalue weighted by Gasteiger charge is -2.25. The third-order valence-corrected chi connectivity index (χ3v) is 2.68. The van der Waals surface area contributed by atoms with E-state index in [9.17, 15) is 0 Å². The van der Waals surface area contributed by atoms with Crippen molar-refractivity contribution in [2.75, 3.05) is 37.7 Å². The normalized spacial score (nSPS) is 18.2. The number of hydrogen-bond acceptors (Lipinski definition) is 3.